The van der Waals surface area contributed by atoms with E-state index in [2.05, 4.69) is 4.98 Å². The van der Waals surface area contributed by atoms with Gasteiger partial charge in [0.1, 0.15) is 6.61 Å². The third-order valence-electron chi connectivity index (χ3n) is 4.10. The molecule has 1 saturated carbocycles. The Morgan fingerprint density at radius 3 is 2.95 bits per heavy atom. The van der Waals surface area contributed by atoms with Crippen molar-refractivity contribution in [2.75, 3.05) is 6.61 Å². The Hall–Kier alpha value is -1.39. The van der Waals surface area contributed by atoms with Crippen LogP contribution < -0.4 is 4.74 Å². The largest absolute Gasteiger partial charge is 0.438 e. The Bertz CT molecular complexity index is 522. The summed E-state index contributed by atoms with van der Waals surface area (Å²) >= 11 is 0. The smallest absolute Gasteiger partial charge is 0.258 e. The normalized spacial score (nSPS) is 31.4. The van der Waals surface area contributed by atoms with Crippen molar-refractivity contribution < 1.29 is 14.2 Å². The zero-order valence-electron chi connectivity index (χ0n) is 10.8. The fourth-order valence-corrected chi connectivity index (χ4v) is 3.10. The van der Waals surface area contributed by atoms with Gasteiger partial charge in [-0.15, -0.1) is 0 Å². The highest BCUT2D eigenvalue weighted by Gasteiger charge is 2.52. The zero-order valence-corrected chi connectivity index (χ0v) is 10.8. The molecule has 1 aliphatic carbocycles. The molecule has 2 aliphatic heterocycles. The summed E-state index contributed by atoms with van der Waals surface area (Å²) in [6.07, 6.45) is 11.2. The SMILES string of the molecule is C1=CC2(COC3(CCCCC3)O2)Oc2ncccc21. The van der Waals surface area contributed by atoms with E-state index in [1.54, 1.807) is 6.20 Å². The van der Waals surface area contributed by atoms with Gasteiger partial charge in [0.2, 0.25) is 5.88 Å². The lowest BCUT2D eigenvalue weighted by molar-refractivity contribution is -0.231. The lowest BCUT2D eigenvalue weighted by atomic mass is 9.94. The molecule has 0 radical (unpaired) electrons. The summed E-state index contributed by atoms with van der Waals surface area (Å²) in [5.41, 5.74) is 0.987. The minimum atomic E-state index is -0.779. The molecule has 100 valence electrons. The Balaban J connectivity index is 1.61. The van der Waals surface area contributed by atoms with Crippen LogP contribution in [-0.4, -0.2) is 23.2 Å². The molecule has 0 bridgehead atoms. The van der Waals surface area contributed by atoms with Gasteiger partial charge in [-0.05, 0) is 37.1 Å². The summed E-state index contributed by atoms with van der Waals surface area (Å²) in [4.78, 5) is 4.26. The summed E-state index contributed by atoms with van der Waals surface area (Å²) in [5.74, 6) is -0.588. The summed E-state index contributed by atoms with van der Waals surface area (Å²) in [5, 5.41) is 0. The summed E-state index contributed by atoms with van der Waals surface area (Å²) in [6, 6.07) is 3.89. The number of hydrogen-bond donors (Lipinski definition) is 0. The third kappa shape index (κ3) is 1.86. The van der Waals surface area contributed by atoms with Crippen molar-refractivity contribution in [3.05, 3.63) is 30.0 Å². The minimum absolute atomic E-state index is 0.436. The maximum Gasteiger partial charge on any atom is 0.258 e. The zero-order chi connectivity index (χ0) is 12.8. The van der Waals surface area contributed by atoms with E-state index in [0.717, 1.165) is 31.2 Å². The molecule has 1 atom stereocenters. The lowest BCUT2D eigenvalue weighted by Crippen LogP contribution is -2.42. The van der Waals surface area contributed by atoms with Crippen molar-refractivity contribution in [1.29, 1.82) is 0 Å². The highest BCUT2D eigenvalue weighted by Crippen LogP contribution is 2.44. The van der Waals surface area contributed by atoms with Gasteiger partial charge in [0.25, 0.3) is 5.79 Å². The van der Waals surface area contributed by atoms with E-state index < -0.39 is 11.6 Å². The summed E-state index contributed by atoms with van der Waals surface area (Å²) in [7, 11) is 0. The average Bonchev–Trinajstić information content (AvgIpc) is 2.78. The maximum atomic E-state index is 6.20. The first-order chi connectivity index (χ1) is 9.29. The predicted molar refractivity (Wildman–Crippen MR) is 69.5 cm³/mol. The van der Waals surface area contributed by atoms with Crippen LogP contribution in [0.15, 0.2) is 24.4 Å². The van der Waals surface area contributed by atoms with Gasteiger partial charge >= 0.3 is 0 Å². The molecular formula is C15H17NO3. The van der Waals surface area contributed by atoms with Crippen molar-refractivity contribution in [3.63, 3.8) is 0 Å². The van der Waals surface area contributed by atoms with Gasteiger partial charge in [0.05, 0.1) is 0 Å². The third-order valence-corrected chi connectivity index (χ3v) is 4.10. The molecule has 0 N–H and O–H groups in total. The number of rotatable bonds is 0. The quantitative estimate of drug-likeness (QED) is 0.718. The number of pyridine rings is 1. The van der Waals surface area contributed by atoms with Gasteiger partial charge in [-0.1, -0.05) is 6.42 Å². The topological polar surface area (TPSA) is 40.6 Å². The Labute approximate surface area is 112 Å². The van der Waals surface area contributed by atoms with E-state index in [1.807, 2.05) is 24.3 Å². The van der Waals surface area contributed by atoms with Crippen LogP contribution >= 0.6 is 0 Å². The predicted octanol–water partition coefficient (Wildman–Crippen LogP) is 2.89. The number of aromatic nitrogens is 1. The molecule has 3 heterocycles. The summed E-state index contributed by atoms with van der Waals surface area (Å²) < 4.78 is 18.1. The van der Waals surface area contributed by atoms with E-state index in [9.17, 15) is 0 Å². The van der Waals surface area contributed by atoms with Gasteiger partial charge in [-0.3, -0.25) is 0 Å². The fourth-order valence-electron chi connectivity index (χ4n) is 3.10. The number of fused-ring (bicyclic) bond motifs is 1. The van der Waals surface area contributed by atoms with Crippen LogP contribution in [0.5, 0.6) is 5.88 Å². The maximum absolute atomic E-state index is 6.20. The van der Waals surface area contributed by atoms with Crippen LogP contribution in [0.25, 0.3) is 6.08 Å². The molecule has 4 heteroatoms. The van der Waals surface area contributed by atoms with Gasteiger partial charge < -0.3 is 14.2 Å². The first-order valence-corrected chi connectivity index (χ1v) is 6.97. The fraction of sp³-hybridized carbons (Fsp3) is 0.533. The van der Waals surface area contributed by atoms with Crippen molar-refractivity contribution in [2.45, 2.75) is 43.7 Å². The van der Waals surface area contributed by atoms with Crippen LogP contribution in [0.2, 0.25) is 0 Å². The average molecular weight is 259 g/mol. The van der Waals surface area contributed by atoms with Crippen molar-refractivity contribution in [2.24, 2.45) is 0 Å². The van der Waals surface area contributed by atoms with Crippen LogP contribution in [-0.2, 0) is 9.47 Å². The van der Waals surface area contributed by atoms with Gasteiger partial charge in [-0.25, -0.2) is 4.98 Å². The highest BCUT2D eigenvalue weighted by atomic mass is 16.8. The Morgan fingerprint density at radius 1 is 1.16 bits per heavy atom. The van der Waals surface area contributed by atoms with E-state index in [1.165, 1.54) is 6.42 Å². The molecule has 2 fully saturated rings. The first-order valence-electron chi connectivity index (χ1n) is 6.97. The Morgan fingerprint density at radius 2 is 2.05 bits per heavy atom. The van der Waals surface area contributed by atoms with Crippen LogP contribution in [0.3, 0.4) is 0 Å². The second kappa shape index (κ2) is 4.05. The van der Waals surface area contributed by atoms with Gasteiger partial charge in [0.15, 0.2) is 5.79 Å². The molecule has 4 nitrogen and oxygen atoms in total. The van der Waals surface area contributed by atoms with E-state index in [-0.39, 0.29) is 0 Å². The minimum Gasteiger partial charge on any atom is -0.438 e. The van der Waals surface area contributed by atoms with Crippen LogP contribution in [0, 0.1) is 0 Å². The monoisotopic (exact) mass is 259 g/mol. The van der Waals surface area contributed by atoms with E-state index >= 15 is 0 Å². The molecule has 1 aromatic rings. The lowest BCUT2D eigenvalue weighted by Gasteiger charge is -2.34. The summed E-state index contributed by atoms with van der Waals surface area (Å²) in [6.45, 7) is 0.444. The molecule has 3 aliphatic rings. The van der Waals surface area contributed by atoms with E-state index in [4.69, 9.17) is 14.2 Å². The van der Waals surface area contributed by atoms with E-state index in [0.29, 0.717) is 12.5 Å². The molecule has 4 rings (SSSR count). The van der Waals surface area contributed by atoms with Crippen LogP contribution in [0.1, 0.15) is 37.7 Å². The van der Waals surface area contributed by atoms with Gasteiger partial charge in [-0.2, -0.15) is 0 Å². The number of nitrogens with zero attached hydrogens (tertiary/aromatic N) is 1. The Kier molecular flexibility index (Phi) is 2.44. The molecule has 1 unspecified atom stereocenters. The highest BCUT2D eigenvalue weighted by molar-refractivity contribution is 5.58. The second-order valence-electron chi connectivity index (χ2n) is 5.51. The molecule has 1 aromatic heterocycles. The van der Waals surface area contributed by atoms with Crippen molar-refractivity contribution >= 4 is 6.08 Å². The molecule has 0 amide bonds. The molecular weight excluding hydrogens is 242 g/mol. The molecule has 1 saturated heterocycles. The molecule has 0 aromatic carbocycles. The molecule has 19 heavy (non-hydrogen) atoms. The van der Waals surface area contributed by atoms with Crippen LogP contribution in [0.4, 0.5) is 0 Å². The first kappa shape index (κ1) is 11.4. The van der Waals surface area contributed by atoms with Crippen molar-refractivity contribution in [1.82, 2.24) is 4.98 Å². The standard InChI is InChI=1S/C15H17NO3/c1-2-7-14(8-3-1)17-11-15(19-14)9-6-12-5-4-10-16-13(12)18-15/h4-6,9-10H,1-3,7-8,11H2. The number of hydrogen-bond acceptors (Lipinski definition) is 4. The second-order valence-corrected chi connectivity index (χ2v) is 5.51. The molecule has 2 spiro atoms. The van der Waals surface area contributed by atoms with Crippen molar-refractivity contribution in [3.8, 4) is 5.88 Å². The number of ether oxygens (including phenoxy) is 3. The van der Waals surface area contributed by atoms with Gasteiger partial charge in [0, 0.05) is 24.6 Å².